The molecule has 1 aliphatic heterocycles. The molecule has 0 aromatic rings. The van der Waals surface area contributed by atoms with E-state index in [4.69, 9.17) is 15.2 Å². The highest BCUT2D eigenvalue weighted by Gasteiger charge is 2.35. The van der Waals surface area contributed by atoms with Gasteiger partial charge in [0.05, 0.1) is 6.10 Å². The summed E-state index contributed by atoms with van der Waals surface area (Å²) in [7, 11) is 0. The molecule has 3 atom stereocenters. The summed E-state index contributed by atoms with van der Waals surface area (Å²) >= 11 is 0. The number of nitrogens with two attached hydrogens (primary N) is 1. The summed E-state index contributed by atoms with van der Waals surface area (Å²) < 4.78 is 10.4. The second-order valence-electron chi connectivity index (χ2n) is 2.98. The van der Waals surface area contributed by atoms with Gasteiger partial charge in [-0.25, -0.2) is 0 Å². The van der Waals surface area contributed by atoms with Crippen LogP contribution >= 0.6 is 0 Å². The van der Waals surface area contributed by atoms with E-state index in [0.717, 1.165) is 0 Å². The predicted octanol–water partition coefficient (Wildman–Crippen LogP) is 0.109. The maximum Gasteiger partial charge on any atom is 0.148 e. The SMILES string of the molecule is NC1=CC2OCOC2CC1N=O. The molecule has 0 amide bonds. The lowest BCUT2D eigenvalue weighted by Gasteiger charge is -2.23. The van der Waals surface area contributed by atoms with E-state index < -0.39 is 6.04 Å². The molecule has 0 saturated carbocycles. The van der Waals surface area contributed by atoms with Gasteiger partial charge in [0.25, 0.3) is 0 Å². The number of nitrogens with zero attached hydrogens (tertiary/aromatic N) is 1. The van der Waals surface area contributed by atoms with Crippen LogP contribution in [0.1, 0.15) is 6.42 Å². The third kappa shape index (κ3) is 1.11. The van der Waals surface area contributed by atoms with Crippen molar-refractivity contribution in [1.82, 2.24) is 0 Å². The highest BCUT2D eigenvalue weighted by Crippen LogP contribution is 2.27. The molecular formula is C7H10N2O3. The average Bonchev–Trinajstić information content (AvgIpc) is 2.49. The maximum absolute atomic E-state index is 10.3. The van der Waals surface area contributed by atoms with Gasteiger partial charge in [-0.2, -0.15) is 4.91 Å². The molecule has 0 aromatic carbocycles. The highest BCUT2D eigenvalue weighted by atomic mass is 16.7. The van der Waals surface area contributed by atoms with Crippen LogP contribution in [-0.4, -0.2) is 25.0 Å². The summed E-state index contributed by atoms with van der Waals surface area (Å²) in [5.41, 5.74) is 6.07. The fourth-order valence-electron chi connectivity index (χ4n) is 1.53. The third-order valence-electron chi connectivity index (χ3n) is 2.23. The van der Waals surface area contributed by atoms with E-state index >= 15 is 0 Å². The molecule has 2 aliphatic rings. The normalized spacial score (nSPS) is 40.3. The van der Waals surface area contributed by atoms with Crippen LogP contribution in [0.25, 0.3) is 0 Å². The Morgan fingerprint density at radius 1 is 1.58 bits per heavy atom. The van der Waals surface area contributed by atoms with Crippen LogP contribution in [-0.2, 0) is 9.47 Å². The van der Waals surface area contributed by atoms with Crippen molar-refractivity contribution in [2.75, 3.05) is 6.79 Å². The summed E-state index contributed by atoms with van der Waals surface area (Å²) in [6.45, 7) is 0.282. The van der Waals surface area contributed by atoms with Gasteiger partial charge in [-0.1, -0.05) is 5.18 Å². The molecule has 0 aromatic heterocycles. The minimum absolute atomic E-state index is 0.0417. The Labute approximate surface area is 69.5 Å². The van der Waals surface area contributed by atoms with Gasteiger partial charge in [0.15, 0.2) is 0 Å². The lowest BCUT2D eigenvalue weighted by Crippen LogP contribution is -2.34. The fourth-order valence-corrected chi connectivity index (χ4v) is 1.53. The first kappa shape index (κ1) is 7.70. The van der Waals surface area contributed by atoms with Crippen molar-refractivity contribution in [3.05, 3.63) is 16.7 Å². The second-order valence-corrected chi connectivity index (χ2v) is 2.98. The maximum atomic E-state index is 10.3. The number of hydrogen-bond acceptors (Lipinski definition) is 5. The van der Waals surface area contributed by atoms with Crippen LogP contribution in [0.4, 0.5) is 0 Å². The molecular weight excluding hydrogens is 160 g/mol. The van der Waals surface area contributed by atoms with E-state index in [2.05, 4.69) is 5.18 Å². The Bertz CT molecular complexity index is 229. The third-order valence-corrected chi connectivity index (χ3v) is 2.23. The molecule has 2 N–H and O–H groups in total. The topological polar surface area (TPSA) is 73.9 Å². The van der Waals surface area contributed by atoms with Gasteiger partial charge in [0.2, 0.25) is 0 Å². The summed E-state index contributed by atoms with van der Waals surface area (Å²) in [5, 5.41) is 2.91. The second kappa shape index (κ2) is 2.84. The molecule has 0 radical (unpaired) electrons. The predicted molar refractivity (Wildman–Crippen MR) is 41.1 cm³/mol. The monoisotopic (exact) mass is 170 g/mol. The zero-order chi connectivity index (χ0) is 8.55. The van der Waals surface area contributed by atoms with E-state index in [0.29, 0.717) is 12.1 Å². The van der Waals surface area contributed by atoms with Crippen molar-refractivity contribution in [3.8, 4) is 0 Å². The van der Waals surface area contributed by atoms with Crippen molar-refractivity contribution in [1.29, 1.82) is 0 Å². The number of ether oxygens (including phenoxy) is 2. The molecule has 5 heteroatoms. The van der Waals surface area contributed by atoms with Gasteiger partial charge < -0.3 is 15.2 Å². The molecule has 2 rings (SSSR count). The summed E-state index contributed by atoms with van der Waals surface area (Å²) in [6, 6.07) is -0.437. The van der Waals surface area contributed by atoms with Crippen molar-refractivity contribution in [3.63, 3.8) is 0 Å². The summed E-state index contributed by atoms with van der Waals surface area (Å²) in [4.78, 5) is 10.3. The van der Waals surface area contributed by atoms with Crippen LogP contribution in [0.2, 0.25) is 0 Å². The minimum Gasteiger partial charge on any atom is -0.400 e. The van der Waals surface area contributed by atoms with Gasteiger partial charge >= 0.3 is 0 Å². The van der Waals surface area contributed by atoms with Gasteiger partial charge in [-0.15, -0.1) is 0 Å². The smallest absolute Gasteiger partial charge is 0.148 e. The molecule has 1 fully saturated rings. The Kier molecular flexibility index (Phi) is 1.82. The lowest BCUT2D eigenvalue weighted by molar-refractivity contribution is 0.0417. The zero-order valence-corrected chi connectivity index (χ0v) is 6.47. The Morgan fingerprint density at radius 2 is 2.42 bits per heavy atom. The van der Waals surface area contributed by atoms with E-state index in [1.54, 1.807) is 6.08 Å². The Balaban J connectivity index is 2.17. The molecule has 1 heterocycles. The fraction of sp³-hybridized carbons (Fsp3) is 0.714. The Morgan fingerprint density at radius 3 is 3.17 bits per heavy atom. The molecule has 1 aliphatic carbocycles. The van der Waals surface area contributed by atoms with Crippen molar-refractivity contribution in [2.24, 2.45) is 10.9 Å². The standard InChI is InChI=1S/C7H10N2O3/c8-4-1-6-7(12-3-11-6)2-5(4)9-10/h1,5-7H,2-3,8H2. The molecule has 1 saturated heterocycles. The van der Waals surface area contributed by atoms with E-state index in [-0.39, 0.29) is 19.0 Å². The molecule has 0 bridgehead atoms. The lowest BCUT2D eigenvalue weighted by atomic mass is 9.95. The molecule has 3 unspecified atom stereocenters. The largest absolute Gasteiger partial charge is 0.400 e. The van der Waals surface area contributed by atoms with Crippen LogP contribution in [0.3, 0.4) is 0 Å². The van der Waals surface area contributed by atoms with Crippen LogP contribution in [0.15, 0.2) is 16.9 Å². The quantitative estimate of drug-likeness (QED) is 0.567. The first-order valence-corrected chi connectivity index (χ1v) is 3.84. The molecule has 66 valence electrons. The van der Waals surface area contributed by atoms with Crippen molar-refractivity contribution >= 4 is 0 Å². The number of nitroso groups, excluding NO2 is 1. The van der Waals surface area contributed by atoms with E-state index in [9.17, 15) is 4.91 Å². The summed E-state index contributed by atoms with van der Waals surface area (Å²) in [6.07, 6.45) is 2.13. The van der Waals surface area contributed by atoms with Crippen LogP contribution < -0.4 is 5.73 Å². The van der Waals surface area contributed by atoms with Crippen molar-refractivity contribution in [2.45, 2.75) is 24.7 Å². The van der Waals surface area contributed by atoms with E-state index in [1.165, 1.54) is 0 Å². The summed E-state index contributed by atoms with van der Waals surface area (Å²) in [5.74, 6) is 0. The van der Waals surface area contributed by atoms with E-state index in [1.807, 2.05) is 0 Å². The van der Waals surface area contributed by atoms with Crippen molar-refractivity contribution < 1.29 is 9.47 Å². The molecule has 0 spiro atoms. The van der Waals surface area contributed by atoms with Gasteiger partial charge in [-0.3, -0.25) is 0 Å². The number of fused-ring (bicyclic) bond motifs is 1. The first-order valence-electron chi connectivity index (χ1n) is 3.84. The highest BCUT2D eigenvalue weighted by molar-refractivity contribution is 5.16. The molecule has 12 heavy (non-hydrogen) atoms. The first-order chi connectivity index (χ1) is 5.81. The van der Waals surface area contributed by atoms with Crippen LogP contribution in [0.5, 0.6) is 0 Å². The van der Waals surface area contributed by atoms with Gasteiger partial charge in [0, 0.05) is 12.1 Å². The zero-order valence-electron chi connectivity index (χ0n) is 6.47. The Hall–Kier alpha value is -0.940. The average molecular weight is 170 g/mol. The van der Waals surface area contributed by atoms with Crippen LogP contribution in [0, 0.1) is 4.91 Å². The van der Waals surface area contributed by atoms with Gasteiger partial charge in [-0.05, 0) is 6.08 Å². The molecule has 5 nitrogen and oxygen atoms in total. The minimum atomic E-state index is -0.437. The van der Waals surface area contributed by atoms with Gasteiger partial charge in [0.1, 0.15) is 18.9 Å². The number of rotatable bonds is 1. The number of hydrogen-bond donors (Lipinski definition) is 1.